The second kappa shape index (κ2) is 5.90. The van der Waals surface area contributed by atoms with Crippen LogP contribution in [0.1, 0.15) is 45.1 Å². The Morgan fingerprint density at radius 1 is 1.29 bits per heavy atom. The van der Waals surface area contributed by atoms with Crippen molar-refractivity contribution >= 4 is 5.78 Å². The lowest BCUT2D eigenvalue weighted by Gasteiger charge is -2.47. The standard InChI is InChI=1S/C18H24O3/c1-13-16(19)11-15-12-17(13)20-21-18(15,2)10-6-9-14-7-4-3-5-8-14/h3-5,7-8,13,15,17H,6,9-12H2,1-2H3/t13-,15+,17?,18?/m1/s1. The number of benzene rings is 1. The van der Waals surface area contributed by atoms with E-state index in [-0.39, 0.29) is 17.6 Å². The average Bonchev–Trinajstić information content (AvgIpc) is 2.49. The number of Topliss-reactive ketones (excluding diaryl/α,β-unsaturated/α-hetero) is 1. The largest absolute Gasteiger partial charge is 0.299 e. The van der Waals surface area contributed by atoms with Crippen molar-refractivity contribution in [3.05, 3.63) is 35.9 Å². The van der Waals surface area contributed by atoms with Crippen LogP contribution in [0.4, 0.5) is 0 Å². The quantitative estimate of drug-likeness (QED) is 0.792. The van der Waals surface area contributed by atoms with Gasteiger partial charge in [0.2, 0.25) is 0 Å². The Morgan fingerprint density at radius 3 is 2.81 bits per heavy atom. The maximum Gasteiger partial charge on any atom is 0.138 e. The van der Waals surface area contributed by atoms with Gasteiger partial charge < -0.3 is 0 Å². The minimum absolute atomic E-state index is 0.0184. The van der Waals surface area contributed by atoms with Crippen LogP contribution >= 0.6 is 0 Å². The molecule has 1 saturated heterocycles. The Kier molecular flexibility index (Phi) is 4.14. The van der Waals surface area contributed by atoms with Crippen molar-refractivity contribution < 1.29 is 14.6 Å². The van der Waals surface area contributed by atoms with E-state index in [1.807, 2.05) is 13.0 Å². The van der Waals surface area contributed by atoms with Gasteiger partial charge in [0.1, 0.15) is 17.5 Å². The van der Waals surface area contributed by atoms with Crippen molar-refractivity contribution in [1.29, 1.82) is 0 Å². The lowest BCUT2D eigenvalue weighted by Crippen LogP contribution is -2.52. The lowest BCUT2D eigenvalue weighted by molar-refractivity contribution is -0.429. The summed E-state index contributed by atoms with van der Waals surface area (Å²) in [6.45, 7) is 4.05. The molecule has 3 rings (SSSR count). The lowest BCUT2D eigenvalue weighted by atomic mass is 9.70. The maximum atomic E-state index is 12.1. The van der Waals surface area contributed by atoms with Crippen LogP contribution in [0.15, 0.2) is 30.3 Å². The molecule has 21 heavy (non-hydrogen) atoms. The number of aryl methyl sites for hydroxylation is 1. The molecule has 1 aromatic rings. The molecule has 2 bridgehead atoms. The molecule has 1 aliphatic carbocycles. The SMILES string of the molecule is C[C@@H]1C(=O)C[C@H]2CC1OOC2(C)CCCc1ccccc1. The summed E-state index contributed by atoms with van der Waals surface area (Å²) in [6, 6.07) is 10.5. The Morgan fingerprint density at radius 2 is 2.05 bits per heavy atom. The number of rotatable bonds is 4. The fourth-order valence-corrected chi connectivity index (χ4v) is 3.57. The van der Waals surface area contributed by atoms with Crippen LogP contribution < -0.4 is 0 Å². The van der Waals surface area contributed by atoms with Gasteiger partial charge in [0.25, 0.3) is 0 Å². The number of fused-ring (bicyclic) bond motifs is 2. The molecular formula is C18H24O3. The van der Waals surface area contributed by atoms with E-state index in [9.17, 15) is 4.79 Å². The highest BCUT2D eigenvalue weighted by molar-refractivity contribution is 5.82. The number of hydrogen-bond donors (Lipinski definition) is 0. The van der Waals surface area contributed by atoms with Crippen LogP contribution in [0.25, 0.3) is 0 Å². The van der Waals surface area contributed by atoms with Crippen molar-refractivity contribution in [1.82, 2.24) is 0 Å². The third kappa shape index (κ3) is 3.04. The first-order valence-corrected chi connectivity index (χ1v) is 7.99. The third-order valence-corrected chi connectivity index (χ3v) is 5.24. The van der Waals surface area contributed by atoms with E-state index in [1.165, 1.54) is 5.56 Å². The van der Waals surface area contributed by atoms with Crippen LogP contribution in [-0.2, 0) is 21.0 Å². The van der Waals surface area contributed by atoms with Gasteiger partial charge in [0, 0.05) is 18.3 Å². The molecule has 0 radical (unpaired) electrons. The molecule has 1 heterocycles. The summed E-state index contributed by atoms with van der Waals surface area (Å²) in [6.07, 6.45) is 4.58. The Labute approximate surface area is 126 Å². The molecular weight excluding hydrogens is 264 g/mol. The van der Waals surface area contributed by atoms with Crippen LogP contribution in [0.2, 0.25) is 0 Å². The first kappa shape index (κ1) is 14.7. The molecule has 2 unspecified atom stereocenters. The molecule has 0 N–H and O–H groups in total. The zero-order chi connectivity index (χ0) is 14.9. The van der Waals surface area contributed by atoms with Crippen molar-refractivity contribution in [2.45, 2.75) is 57.7 Å². The van der Waals surface area contributed by atoms with Gasteiger partial charge in [-0.1, -0.05) is 37.3 Å². The van der Waals surface area contributed by atoms with Crippen molar-refractivity contribution in [3.8, 4) is 0 Å². The van der Waals surface area contributed by atoms with Gasteiger partial charge in [-0.2, -0.15) is 0 Å². The van der Waals surface area contributed by atoms with Crippen molar-refractivity contribution in [3.63, 3.8) is 0 Å². The highest BCUT2D eigenvalue weighted by atomic mass is 17.2. The molecule has 0 aromatic heterocycles. The molecule has 2 fully saturated rings. The number of carbonyl (C=O) groups is 1. The fourth-order valence-electron chi connectivity index (χ4n) is 3.57. The second-order valence-electron chi connectivity index (χ2n) is 6.76. The van der Waals surface area contributed by atoms with Gasteiger partial charge in [-0.15, -0.1) is 0 Å². The smallest absolute Gasteiger partial charge is 0.138 e. The minimum Gasteiger partial charge on any atom is -0.299 e. The van der Waals surface area contributed by atoms with Crippen LogP contribution in [-0.4, -0.2) is 17.5 Å². The summed E-state index contributed by atoms with van der Waals surface area (Å²) in [5.41, 5.74) is 1.03. The molecule has 3 nitrogen and oxygen atoms in total. The zero-order valence-electron chi connectivity index (χ0n) is 12.9. The van der Waals surface area contributed by atoms with E-state index in [4.69, 9.17) is 9.78 Å². The molecule has 114 valence electrons. The molecule has 3 heteroatoms. The maximum absolute atomic E-state index is 12.1. The number of carbonyl (C=O) groups excluding carboxylic acids is 1. The van der Waals surface area contributed by atoms with Gasteiger partial charge in [-0.3, -0.25) is 4.79 Å². The first-order valence-electron chi connectivity index (χ1n) is 7.99. The number of hydrogen-bond acceptors (Lipinski definition) is 3. The van der Waals surface area contributed by atoms with E-state index in [2.05, 4.69) is 31.2 Å². The molecule has 0 spiro atoms. The van der Waals surface area contributed by atoms with E-state index in [0.29, 0.717) is 18.1 Å². The predicted molar refractivity (Wildman–Crippen MR) is 80.6 cm³/mol. The zero-order valence-corrected chi connectivity index (χ0v) is 12.9. The highest BCUT2D eigenvalue weighted by Gasteiger charge is 2.49. The highest BCUT2D eigenvalue weighted by Crippen LogP contribution is 2.44. The van der Waals surface area contributed by atoms with Gasteiger partial charge in [-0.05, 0) is 38.2 Å². The van der Waals surface area contributed by atoms with Crippen molar-refractivity contribution in [2.24, 2.45) is 11.8 Å². The molecule has 1 aliphatic heterocycles. The summed E-state index contributed by atoms with van der Waals surface area (Å²) in [7, 11) is 0. The van der Waals surface area contributed by atoms with E-state index >= 15 is 0 Å². The third-order valence-electron chi connectivity index (χ3n) is 5.24. The fraction of sp³-hybridized carbons (Fsp3) is 0.611. The summed E-state index contributed by atoms with van der Waals surface area (Å²) < 4.78 is 0. The summed E-state index contributed by atoms with van der Waals surface area (Å²) in [5, 5.41) is 0. The summed E-state index contributed by atoms with van der Waals surface area (Å²) in [5.74, 6) is 0.611. The van der Waals surface area contributed by atoms with E-state index in [0.717, 1.165) is 25.7 Å². The predicted octanol–water partition coefficient (Wildman–Crippen LogP) is 3.71. The molecule has 1 saturated carbocycles. The Balaban J connectivity index is 1.58. The first-order chi connectivity index (χ1) is 10.1. The minimum atomic E-state index is -0.318. The average molecular weight is 288 g/mol. The van der Waals surface area contributed by atoms with E-state index in [1.54, 1.807) is 0 Å². The van der Waals surface area contributed by atoms with Crippen LogP contribution in [0, 0.1) is 11.8 Å². The Hall–Kier alpha value is -1.19. The topological polar surface area (TPSA) is 35.5 Å². The molecule has 1 aromatic carbocycles. The molecule has 0 amide bonds. The normalized spacial score (nSPS) is 35.7. The second-order valence-corrected chi connectivity index (χ2v) is 6.76. The van der Waals surface area contributed by atoms with Crippen molar-refractivity contribution in [2.75, 3.05) is 0 Å². The summed E-state index contributed by atoms with van der Waals surface area (Å²) in [4.78, 5) is 23.3. The van der Waals surface area contributed by atoms with Crippen LogP contribution in [0.3, 0.4) is 0 Å². The van der Waals surface area contributed by atoms with Gasteiger partial charge in [0.15, 0.2) is 0 Å². The molecule has 2 aliphatic rings. The Bertz CT molecular complexity index is 498. The number of ketones is 1. The monoisotopic (exact) mass is 288 g/mol. The van der Waals surface area contributed by atoms with E-state index < -0.39 is 0 Å². The van der Waals surface area contributed by atoms with Crippen LogP contribution in [0.5, 0.6) is 0 Å². The molecule has 4 atom stereocenters. The van der Waals surface area contributed by atoms with Gasteiger partial charge in [0.05, 0.1) is 0 Å². The summed E-state index contributed by atoms with van der Waals surface area (Å²) >= 11 is 0. The van der Waals surface area contributed by atoms with Gasteiger partial charge >= 0.3 is 0 Å². The van der Waals surface area contributed by atoms with Gasteiger partial charge in [-0.25, -0.2) is 9.78 Å².